The molecule has 2 amide bonds. The van der Waals surface area contributed by atoms with E-state index in [1.165, 1.54) is 15.7 Å². The van der Waals surface area contributed by atoms with Gasteiger partial charge in [-0.15, -0.1) is 0 Å². The summed E-state index contributed by atoms with van der Waals surface area (Å²) in [6, 6.07) is 18.5. The van der Waals surface area contributed by atoms with Gasteiger partial charge in [0.15, 0.2) is 0 Å². The molecule has 5 aromatic rings. The molecule has 0 spiro atoms. The van der Waals surface area contributed by atoms with Crippen LogP contribution >= 0.6 is 15.9 Å². The molecule has 4 heteroatoms. The third-order valence-corrected chi connectivity index (χ3v) is 7.35. The molecule has 31 heavy (non-hydrogen) atoms. The van der Waals surface area contributed by atoms with Crippen LogP contribution in [0.3, 0.4) is 0 Å². The van der Waals surface area contributed by atoms with Crippen LogP contribution < -0.4 is 0 Å². The molecule has 3 nitrogen and oxygen atoms in total. The summed E-state index contributed by atoms with van der Waals surface area (Å²) in [6.07, 6.45) is 1.51. The average molecular weight is 470 g/mol. The van der Waals surface area contributed by atoms with E-state index in [9.17, 15) is 9.59 Å². The second-order valence-electron chi connectivity index (χ2n) is 8.38. The number of carbonyl (C=O) groups is 2. The van der Waals surface area contributed by atoms with Gasteiger partial charge < -0.3 is 0 Å². The maximum atomic E-state index is 13.5. The number of halogens is 1. The number of amides is 2. The predicted molar refractivity (Wildman–Crippen MR) is 130 cm³/mol. The second-order valence-corrected chi connectivity index (χ2v) is 9.29. The van der Waals surface area contributed by atoms with Crippen molar-refractivity contribution in [1.29, 1.82) is 0 Å². The first-order valence-corrected chi connectivity index (χ1v) is 11.5. The quantitative estimate of drug-likeness (QED) is 0.158. The Morgan fingerprint density at radius 1 is 0.742 bits per heavy atom. The van der Waals surface area contributed by atoms with Crippen molar-refractivity contribution in [2.75, 3.05) is 0 Å². The summed E-state index contributed by atoms with van der Waals surface area (Å²) in [5.41, 5.74) is 1.26. The molecule has 0 saturated carbocycles. The van der Waals surface area contributed by atoms with E-state index in [0.717, 1.165) is 49.6 Å². The Balaban J connectivity index is 1.81. The maximum absolute atomic E-state index is 13.5. The molecule has 0 aliphatic carbocycles. The highest BCUT2D eigenvalue weighted by Crippen LogP contribution is 2.44. The van der Waals surface area contributed by atoms with Gasteiger partial charge in [0.2, 0.25) is 0 Å². The molecule has 6 rings (SSSR count). The van der Waals surface area contributed by atoms with E-state index in [-0.39, 0.29) is 17.9 Å². The lowest BCUT2D eigenvalue weighted by molar-refractivity contribution is 0.0530. The molecule has 0 fully saturated rings. The summed E-state index contributed by atoms with van der Waals surface area (Å²) in [5.74, 6) is -0.346. The molecule has 0 saturated heterocycles. The van der Waals surface area contributed by atoms with Gasteiger partial charge in [-0.1, -0.05) is 60.1 Å². The lowest BCUT2D eigenvalue weighted by Gasteiger charge is -2.33. The van der Waals surface area contributed by atoms with E-state index in [0.29, 0.717) is 11.1 Å². The fourth-order valence-corrected chi connectivity index (χ4v) is 5.94. The van der Waals surface area contributed by atoms with Gasteiger partial charge in [-0.2, -0.15) is 0 Å². The Morgan fingerprint density at radius 3 is 2.00 bits per heavy atom. The highest BCUT2D eigenvalue weighted by molar-refractivity contribution is 9.10. The molecule has 152 valence electrons. The standard InChI is InChI=1S/C27H20BrNO2/c1-3-16(4-2)29-26(30)20-10-8-18-17-7-5-6-14-12-15(28)13-22(23(14)17)19-9-11-21(27(29)31)25(20)24(18)19/h5-13,16H,3-4H2,1-2H3. The lowest BCUT2D eigenvalue weighted by Crippen LogP contribution is -2.46. The first kappa shape index (κ1) is 18.8. The van der Waals surface area contributed by atoms with Crippen LogP contribution in [0.25, 0.3) is 43.1 Å². The topological polar surface area (TPSA) is 37.4 Å². The molecule has 5 aromatic carbocycles. The Labute approximate surface area is 188 Å². The summed E-state index contributed by atoms with van der Waals surface area (Å²) in [5, 5.41) is 8.66. The van der Waals surface area contributed by atoms with E-state index in [2.05, 4.69) is 58.4 Å². The van der Waals surface area contributed by atoms with E-state index in [4.69, 9.17) is 0 Å². The number of carbonyl (C=O) groups excluding carboxylic acids is 2. The molecule has 1 heterocycles. The van der Waals surface area contributed by atoms with Crippen LogP contribution in [-0.2, 0) is 0 Å². The van der Waals surface area contributed by atoms with Crippen LogP contribution in [0.4, 0.5) is 0 Å². The first-order chi connectivity index (χ1) is 15.0. The number of imide groups is 1. The first-order valence-electron chi connectivity index (χ1n) is 10.8. The van der Waals surface area contributed by atoms with Crippen molar-refractivity contribution in [1.82, 2.24) is 4.90 Å². The molecule has 0 radical (unpaired) electrons. The summed E-state index contributed by atoms with van der Waals surface area (Å²) >= 11 is 3.66. The SMILES string of the molecule is CCC(CC)N1C(=O)c2ccc3c4cccc5cc(Br)cc(c6ccc(c2c36)C1=O)c54. The molecule has 0 aromatic heterocycles. The Bertz CT molecular complexity index is 1540. The van der Waals surface area contributed by atoms with Crippen molar-refractivity contribution < 1.29 is 9.59 Å². The predicted octanol–water partition coefficient (Wildman–Crippen LogP) is 7.28. The molecule has 0 atom stereocenters. The van der Waals surface area contributed by atoms with Gasteiger partial charge in [0.25, 0.3) is 11.8 Å². The molecule has 0 unspecified atom stereocenters. The van der Waals surface area contributed by atoms with Crippen molar-refractivity contribution >= 4 is 70.8 Å². The Morgan fingerprint density at radius 2 is 1.35 bits per heavy atom. The van der Waals surface area contributed by atoms with Crippen LogP contribution in [-0.4, -0.2) is 22.8 Å². The number of benzene rings is 5. The average Bonchev–Trinajstić information content (AvgIpc) is 2.78. The van der Waals surface area contributed by atoms with Crippen LogP contribution in [0.1, 0.15) is 47.4 Å². The largest absolute Gasteiger partial charge is 0.271 e. The fourth-order valence-electron chi connectivity index (χ4n) is 5.47. The summed E-state index contributed by atoms with van der Waals surface area (Å²) in [7, 11) is 0. The molecular formula is C27H20BrNO2. The monoisotopic (exact) mass is 469 g/mol. The highest BCUT2D eigenvalue weighted by Gasteiger charge is 2.37. The zero-order valence-electron chi connectivity index (χ0n) is 17.3. The fraction of sp³-hybridized carbons (Fsp3) is 0.185. The van der Waals surface area contributed by atoms with Gasteiger partial charge in [0.1, 0.15) is 0 Å². The van der Waals surface area contributed by atoms with Crippen LogP contribution in [0, 0.1) is 0 Å². The molecule has 0 N–H and O–H groups in total. The molecule has 0 bridgehead atoms. The lowest BCUT2D eigenvalue weighted by atomic mass is 9.84. The van der Waals surface area contributed by atoms with Crippen molar-refractivity contribution in [2.45, 2.75) is 32.7 Å². The van der Waals surface area contributed by atoms with E-state index in [1.807, 2.05) is 26.0 Å². The summed E-state index contributed by atoms with van der Waals surface area (Å²) in [6.45, 7) is 4.06. The van der Waals surface area contributed by atoms with E-state index < -0.39 is 0 Å². The molecule has 1 aliphatic rings. The van der Waals surface area contributed by atoms with Crippen molar-refractivity contribution in [3.8, 4) is 0 Å². The second kappa shape index (κ2) is 6.51. The van der Waals surface area contributed by atoms with Crippen molar-refractivity contribution in [3.05, 3.63) is 70.2 Å². The van der Waals surface area contributed by atoms with Crippen molar-refractivity contribution in [2.24, 2.45) is 0 Å². The van der Waals surface area contributed by atoms with Gasteiger partial charge in [-0.3, -0.25) is 14.5 Å². The number of hydrogen-bond acceptors (Lipinski definition) is 2. The van der Waals surface area contributed by atoms with E-state index in [1.54, 1.807) is 0 Å². The van der Waals surface area contributed by atoms with E-state index >= 15 is 0 Å². The van der Waals surface area contributed by atoms with Crippen LogP contribution in [0.5, 0.6) is 0 Å². The Hall–Kier alpha value is -2.98. The van der Waals surface area contributed by atoms with Crippen LogP contribution in [0.2, 0.25) is 0 Å². The Kier molecular flexibility index (Phi) is 3.94. The number of nitrogens with zero attached hydrogens (tertiary/aromatic N) is 1. The number of fused-ring (bicyclic) bond motifs is 2. The number of rotatable bonds is 3. The van der Waals surface area contributed by atoms with Gasteiger partial charge >= 0.3 is 0 Å². The van der Waals surface area contributed by atoms with Gasteiger partial charge in [0, 0.05) is 27.0 Å². The van der Waals surface area contributed by atoms with Gasteiger partial charge in [-0.05, 0) is 74.8 Å². The molecule has 1 aliphatic heterocycles. The minimum atomic E-state index is -0.173. The maximum Gasteiger partial charge on any atom is 0.261 e. The molecular weight excluding hydrogens is 450 g/mol. The third-order valence-electron chi connectivity index (χ3n) is 6.89. The summed E-state index contributed by atoms with van der Waals surface area (Å²) < 4.78 is 1.02. The van der Waals surface area contributed by atoms with Crippen LogP contribution in [0.15, 0.2) is 59.1 Å². The summed E-state index contributed by atoms with van der Waals surface area (Å²) in [4.78, 5) is 28.5. The third kappa shape index (κ3) is 2.34. The normalized spacial score (nSPS) is 14.3. The zero-order valence-corrected chi connectivity index (χ0v) is 18.9. The zero-order chi connectivity index (χ0) is 21.4. The minimum absolute atomic E-state index is 0.0825. The van der Waals surface area contributed by atoms with Crippen molar-refractivity contribution in [3.63, 3.8) is 0 Å². The van der Waals surface area contributed by atoms with Gasteiger partial charge in [-0.25, -0.2) is 0 Å². The highest BCUT2D eigenvalue weighted by atomic mass is 79.9. The number of hydrogen-bond donors (Lipinski definition) is 0. The minimum Gasteiger partial charge on any atom is -0.271 e. The van der Waals surface area contributed by atoms with Gasteiger partial charge in [0.05, 0.1) is 0 Å². The smallest absolute Gasteiger partial charge is 0.261 e.